The Morgan fingerprint density at radius 2 is 1.63 bits per heavy atom. The van der Waals surface area contributed by atoms with Gasteiger partial charge in [-0.2, -0.15) is 4.31 Å². The van der Waals surface area contributed by atoms with Crippen LogP contribution in [0.4, 0.5) is 5.69 Å². The van der Waals surface area contributed by atoms with Crippen molar-refractivity contribution in [3.63, 3.8) is 0 Å². The van der Waals surface area contributed by atoms with Crippen LogP contribution >= 0.6 is 0 Å². The summed E-state index contributed by atoms with van der Waals surface area (Å²) in [6.45, 7) is 2.99. The summed E-state index contributed by atoms with van der Waals surface area (Å²) in [5.41, 5.74) is 0.386. The summed E-state index contributed by atoms with van der Waals surface area (Å²) in [5.74, 6) is -0.740. The molecule has 0 aromatic heterocycles. The number of rotatable bonds is 5. The van der Waals surface area contributed by atoms with Crippen molar-refractivity contribution in [2.75, 3.05) is 24.5 Å². The first-order valence-corrected chi connectivity index (χ1v) is 10.5. The molecule has 27 heavy (non-hydrogen) atoms. The number of piperidine rings is 1. The van der Waals surface area contributed by atoms with Gasteiger partial charge in [-0.3, -0.25) is 19.3 Å². The molecule has 1 N–H and O–H groups in total. The fraction of sp³-hybridized carbons (Fsp3) is 0.500. The monoisotopic (exact) mass is 393 g/mol. The number of sulfonamides is 1. The van der Waals surface area contributed by atoms with Crippen molar-refractivity contribution in [2.45, 2.75) is 37.5 Å². The maximum atomic E-state index is 12.8. The van der Waals surface area contributed by atoms with Gasteiger partial charge in [0.15, 0.2) is 0 Å². The maximum Gasteiger partial charge on any atom is 0.243 e. The van der Waals surface area contributed by atoms with Gasteiger partial charge in [0.05, 0.1) is 10.6 Å². The SMILES string of the molecule is CCNC(=O)C1CCN(S(=O)(=O)c2ccc(N3C(=O)CCC3=O)cc2)CC1. The summed E-state index contributed by atoms with van der Waals surface area (Å²) >= 11 is 0. The highest BCUT2D eigenvalue weighted by atomic mass is 32.2. The number of amides is 3. The van der Waals surface area contributed by atoms with E-state index in [1.807, 2.05) is 6.92 Å². The molecule has 3 amide bonds. The molecule has 0 radical (unpaired) electrons. The third-order valence-electron chi connectivity index (χ3n) is 4.96. The van der Waals surface area contributed by atoms with E-state index in [0.717, 1.165) is 4.90 Å². The Balaban J connectivity index is 1.70. The Morgan fingerprint density at radius 1 is 1.07 bits per heavy atom. The number of carbonyl (C=O) groups is 3. The van der Waals surface area contributed by atoms with Gasteiger partial charge in [-0.25, -0.2) is 8.42 Å². The van der Waals surface area contributed by atoms with Crippen LogP contribution in [0.5, 0.6) is 0 Å². The van der Waals surface area contributed by atoms with Crippen LogP contribution in [0.15, 0.2) is 29.2 Å². The predicted molar refractivity (Wildman–Crippen MR) is 98.3 cm³/mol. The van der Waals surface area contributed by atoms with Crippen LogP contribution in [-0.4, -0.2) is 50.1 Å². The minimum absolute atomic E-state index is 0.0288. The van der Waals surface area contributed by atoms with Crippen LogP contribution in [0.3, 0.4) is 0 Å². The number of imide groups is 1. The molecule has 0 bridgehead atoms. The fourth-order valence-corrected chi connectivity index (χ4v) is 4.93. The molecular formula is C18H23N3O5S. The van der Waals surface area contributed by atoms with Gasteiger partial charge in [0, 0.05) is 38.4 Å². The number of anilines is 1. The van der Waals surface area contributed by atoms with E-state index in [9.17, 15) is 22.8 Å². The van der Waals surface area contributed by atoms with Crippen LogP contribution in [0.2, 0.25) is 0 Å². The summed E-state index contributed by atoms with van der Waals surface area (Å²) in [6, 6.07) is 5.80. The van der Waals surface area contributed by atoms with Crippen molar-refractivity contribution in [3.8, 4) is 0 Å². The second-order valence-electron chi connectivity index (χ2n) is 6.69. The lowest BCUT2D eigenvalue weighted by Crippen LogP contribution is -2.42. The summed E-state index contributed by atoms with van der Waals surface area (Å²) in [4.78, 5) is 36.7. The van der Waals surface area contributed by atoms with Gasteiger partial charge in [0.25, 0.3) is 0 Å². The van der Waals surface area contributed by atoms with Crippen LogP contribution in [0, 0.1) is 5.92 Å². The van der Waals surface area contributed by atoms with E-state index in [1.165, 1.54) is 28.6 Å². The third kappa shape index (κ3) is 3.89. The Hall–Kier alpha value is -2.26. The van der Waals surface area contributed by atoms with Crippen LogP contribution in [-0.2, 0) is 24.4 Å². The summed E-state index contributed by atoms with van der Waals surface area (Å²) < 4.78 is 27.0. The van der Waals surface area contributed by atoms with Gasteiger partial charge in [0.1, 0.15) is 0 Å². The van der Waals surface area contributed by atoms with Gasteiger partial charge in [-0.05, 0) is 44.0 Å². The zero-order chi connectivity index (χ0) is 19.6. The number of carbonyl (C=O) groups excluding carboxylic acids is 3. The Labute approximate surface area is 158 Å². The molecule has 1 aromatic carbocycles. The van der Waals surface area contributed by atoms with E-state index in [2.05, 4.69) is 5.32 Å². The van der Waals surface area contributed by atoms with Gasteiger partial charge in [0.2, 0.25) is 27.7 Å². The Kier molecular flexibility index (Phi) is 5.61. The number of nitrogens with zero attached hydrogens (tertiary/aromatic N) is 2. The van der Waals surface area contributed by atoms with Crippen LogP contribution in [0.1, 0.15) is 32.6 Å². The minimum atomic E-state index is -3.68. The molecule has 2 aliphatic rings. The van der Waals surface area contributed by atoms with Crippen molar-refractivity contribution in [1.29, 1.82) is 0 Å². The Bertz CT molecular complexity index is 826. The molecule has 0 unspecified atom stereocenters. The van der Waals surface area contributed by atoms with Crippen molar-refractivity contribution >= 4 is 33.4 Å². The van der Waals surface area contributed by atoms with Crippen molar-refractivity contribution < 1.29 is 22.8 Å². The molecule has 0 atom stereocenters. The van der Waals surface area contributed by atoms with Gasteiger partial charge >= 0.3 is 0 Å². The Morgan fingerprint density at radius 3 is 2.15 bits per heavy atom. The number of nitrogens with one attached hydrogen (secondary N) is 1. The van der Waals surface area contributed by atoms with E-state index < -0.39 is 10.0 Å². The van der Waals surface area contributed by atoms with Crippen LogP contribution in [0.25, 0.3) is 0 Å². The predicted octanol–water partition coefficient (Wildman–Crippen LogP) is 0.877. The minimum Gasteiger partial charge on any atom is -0.356 e. The largest absolute Gasteiger partial charge is 0.356 e. The van der Waals surface area contributed by atoms with E-state index in [1.54, 1.807) is 0 Å². The van der Waals surface area contributed by atoms with Gasteiger partial charge < -0.3 is 5.32 Å². The molecule has 0 saturated carbocycles. The first-order valence-electron chi connectivity index (χ1n) is 9.08. The first kappa shape index (κ1) is 19.5. The average Bonchev–Trinajstić information content (AvgIpc) is 3.00. The molecule has 8 nitrogen and oxygen atoms in total. The molecule has 2 heterocycles. The summed E-state index contributed by atoms with van der Waals surface area (Å²) in [7, 11) is -3.68. The standard InChI is InChI=1S/C18H23N3O5S/c1-2-19-18(24)13-9-11-20(12-10-13)27(25,26)15-5-3-14(4-6-15)21-16(22)7-8-17(21)23/h3-6,13H,2,7-12H2,1H3,(H,19,24). The van der Waals surface area contributed by atoms with E-state index in [4.69, 9.17) is 0 Å². The van der Waals surface area contributed by atoms with E-state index in [-0.39, 0.29) is 54.5 Å². The highest BCUT2D eigenvalue weighted by Crippen LogP contribution is 2.27. The van der Waals surface area contributed by atoms with E-state index >= 15 is 0 Å². The lowest BCUT2D eigenvalue weighted by Gasteiger charge is -2.30. The zero-order valence-electron chi connectivity index (χ0n) is 15.2. The summed E-state index contributed by atoms with van der Waals surface area (Å²) in [6.07, 6.45) is 1.33. The summed E-state index contributed by atoms with van der Waals surface area (Å²) in [5, 5.41) is 2.77. The number of hydrogen-bond donors (Lipinski definition) is 1. The lowest BCUT2D eigenvalue weighted by atomic mass is 9.97. The second kappa shape index (κ2) is 7.77. The molecule has 1 aromatic rings. The molecule has 0 spiro atoms. The van der Waals surface area contributed by atoms with Gasteiger partial charge in [-0.1, -0.05) is 0 Å². The zero-order valence-corrected chi connectivity index (χ0v) is 16.0. The number of benzene rings is 1. The highest BCUT2D eigenvalue weighted by Gasteiger charge is 2.33. The fourth-order valence-electron chi connectivity index (χ4n) is 3.46. The first-order chi connectivity index (χ1) is 12.8. The van der Waals surface area contributed by atoms with Crippen molar-refractivity contribution in [2.24, 2.45) is 5.92 Å². The maximum absolute atomic E-state index is 12.8. The van der Waals surface area contributed by atoms with Gasteiger partial charge in [-0.15, -0.1) is 0 Å². The molecule has 0 aliphatic carbocycles. The normalized spacial score (nSPS) is 19.5. The quantitative estimate of drug-likeness (QED) is 0.748. The second-order valence-corrected chi connectivity index (χ2v) is 8.63. The third-order valence-corrected chi connectivity index (χ3v) is 6.87. The number of hydrogen-bond acceptors (Lipinski definition) is 5. The molecule has 2 aliphatic heterocycles. The lowest BCUT2D eigenvalue weighted by molar-refractivity contribution is -0.126. The molecule has 146 valence electrons. The van der Waals surface area contributed by atoms with E-state index in [0.29, 0.717) is 25.1 Å². The molecule has 2 saturated heterocycles. The van der Waals surface area contributed by atoms with Crippen LogP contribution < -0.4 is 10.2 Å². The molecular weight excluding hydrogens is 370 g/mol. The molecule has 9 heteroatoms. The molecule has 3 rings (SSSR count). The van der Waals surface area contributed by atoms with Crippen molar-refractivity contribution in [3.05, 3.63) is 24.3 Å². The topological polar surface area (TPSA) is 104 Å². The highest BCUT2D eigenvalue weighted by molar-refractivity contribution is 7.89. The molecule has 2 fully saturated rings. The van der Waals surface area contributed by atoms with Crippen molar-refractivity contribution in [1.82, 2.24) is 9.62 Å². The average molecular weight is 393 g/mol. The smallest absolute Gasteiger partial charge is 0.243 e.